The van der Waals surface area contributed by atoms with E-state index in [1.54, 1.807) is 0 Å². The van der Waals surface area contributed by atoms with Gasteiger partial charge in [-0.2, -0.15) is 26.3 Å². The Bertz CT molecular complexity index is 825. The van der Waals surface area contributed by atoms with Crippen LogP contribution in [0.15, 0.2) is 24.8 Å². The average molecular weight is 397 g/mol. The standard InChI is InChI=1S/C7H6F3N3O.C6H3F3N2O2/c1-4(14)13-6-5(7(8,9)10)11-2-3-12-6;7-6(8,9)4-3(5(12)13)10-1-2-11-4/h2-3H,1H3,(H,12,13,14);1-2H,(H,12,13). The lowest BCUT2D eigenvalue weighted by molar-refractivity contribution is -0.142. The van der Waals surface area contributed by atoms with Crippen LogP contribution in [0.25, 0.3) is 0 Å². The van der Waals surface area contributed by atoms with E-state index in [4.69, 9.17) is 5.11 Å². The first-order valence-corrected chi connectivity index (χ1v) is 6.61. The molecule has 0 radical (unpaired) electrons. The van der Waals surface area contributed by atoms with Crippen LogP contribution in [0.4, 0.5) is 32.2 Å². The minimum atomic E-state index is -4.79. The molecular weight excluding hydrogens is 388 g/mol. The number of carbonyl (C=O) groups excluding carboxylic acids is 1. The number of carbonyl (C=O) groups is 2. The minimum Gasteiger partial charge on any atom is -0.476 e. The number of halogens is 6. The number of rotatable bonds is 2. The quantitative estimate of drug-likeness (QED) is 0.748. The fourth-order valence-electron chi connectivity index (χ4n) is 1.51. The molecule has 0 bridgehead atoms. The number of carboxylic acids is 1. The molecule has 1 amide bonds. The lowest BCUT2D eigenvalue weighted by Gasteiger charge is -2.09. The van der Waals surface area contributed by atoms with Crippen molar-refractivity contribution in [3.05, 3.63) is 41.9 Å². The highest BCUT2D eigenvalue weighted by Crippen LogP contribution is 2.31. The Morgan fingerprint density at radius 1 is 0.852 bits per heavy atom. The number of aromatic carboxylic acids is 1. The highest BCUT2D eigenvalue weighted by Gasteiger charge is 2.38. The van der Waals surface area contributed by atoms with Gasteiger partial charge in [-0.15, -0.1) is 0 Å². The monoisotopic (exact) mass is 397 g/mol. The molecule has 0 fully saturated rings. The van der Waals surface area contributed by atoms with E-state index >= 15 is 0 Å². The van der Waals surface area contributed by atoms with Crippen LogP contribution in [0.2, 0.25) is 0 Å². The first-order valence-electron chi connectivity index (χ1n) is 6.61. The van der Waals surface area contributed by atoms with Crippen LogP contribution in [0.5, 0.6) is 0 Å². The molecule has 0 unspecified atom stereocenters. The van der Waals surface area contributed by atoms with E-state index in [1.807, 2.05) is 5.32 Å². The van der Waals surface area contributed by atoms with Gasteiger partial charge in [0.15, 0.2) is 22.9 Å². The molecule has 2 rings (SSSR count). The summed E-state index contributed by atoms with van der Waals surface area (Å²) in [4.78, 5) is 33.2. The Morgan fingerprint density at radius 2 is 1.30 bits per heavy atom. The summed E-state index contributed by atoms with van der Waals surface area (Å²) in [6, 6.07) is 0. The van der Waals surface area contributed by atoms with E-state index < -0.39 is 47.1 Å². The van der Waals surface area contributed by atoms with Gasteiger partial charge in [-0.05, 0) is 0 Å². The molecule has 0 saturated heterocycles. The topological polar surface area (TPSA) is 118 Å². The van der Waals surface area contributed by atoms with E-state index in [2.05, 4.69) is 19.9 Å². The largest absolute Gasteiger partial charge is 0.476 e. The molecule has 14 heteroatoms. The van der Waals surface area contributed by atoms with Gasteiger partial charge in [-0.1, -0.05) is 0 Å². The zero-order chi connectivity index (χ0) is 20.8. The van der Waals surface area contributed by atoms with Crippen LogP contribution < -0.4 is 5.32 Å². The Hall–Kier alpha value is -3.32. The van der Waals surface area contributed by atoms with Gasteiger partial charge >= 0.3 is 18.3 Å². The van der Waals surface area contributed by atoms with Gasteiger partial charge in [0.1, 0.15) is 0 Å². The van der Waals surface area contributed by atoms with Gasteiger partial charge in [-0.3, -0.25) is 4.79 Å². The number of hydrogen-bond acceptors (Lipinski definition) is 6. The van der Waals surface area contributed by atoms with Crippen LogP contribution in [0.3, 0.4) is 0 Å². The number of hydrogen-bond donors (Lipinski definition) is 2. The zero-order valence-electron chi connectivity index (χ0n) is 13.1. The number of nitrogens with one attached hydrogen (secondary N) is 1. The second-order valence-corrected chi connectivity index (χ2v) is 4.49. The predicted octanol–water partition coefficient (Wildman–Crippen LogP) is 2.65. The summed E-state index contributed by atoms with van der Waals surface area (Å²) in [7, 11) is 0. The third kappa shape index (κ3) is 6.48. The second kappa shape index (κ2) is 8.37. The molecule has 146 valence electrons. The lowest BCUT2D eigenvalue weighted by Crippen LogP contribution is -2.16. The van der Waals surface area contributed by atoms with Crippen LogP contribution in [-0.4, -0.2) is 36.9 Å². The van der Waals surface area contributed by atoms with Gasteiger partial charge in [0.05, 0.1) is 0 Å². The highest BCUT2D eigenvalue weighted by atomic mass is 19.4. The zero-order valence-corrected chi connectivity index (χ0v) is 13.1. The molecule has 0 spiro atoms. The van der Waals surface area contributed by atoms with Crippen molar-refractivity contribution >= 4 is 17.7 Å². The van der Waals surface area contributed by atoms with Crippen molar-refractivity contribution in [3.63, 3.8) is 0 Å². The SMILES string of the molecule is CC(=O)Nc1nccnc1C(F)(F)F.O=C(O)c1nccnc1C(F)(F)F. The fraction of sp³-hybridized carbons (Fsp3) is 0.231. The summed E-state index contributed by atoms with van der Waals surface area (Å²) in [5.41, 5.74) is -3.77. The molecular formula is C13H9F6N5O3. The van der Waals surface area contributed by atoms with Crippen LogP contribution in [0, 0.1) is 0 Å². The first kappa shape index (κ1) is 21.7. The third-order valence-corrected chi connectivity index (χ3v) is 2.43. The van der Waals surface area contributed by atoms with E-state index in [-0.39, 0.29) is 0 Å². The summed E-state index contributed by atoms with van der Waals surface area (Å²) in [6.45, 7) is 1.09. The maximum atomic E-state index is 12.2. The molecule has 2 aromatic heterocycles. The Morgan fingerprint density at radius 3 is 1.70 bits per heavy atom. The minimum absolute atomic E-state index is 0.576. The Balaban J connectivity index is 0.000000271. The van der Waals surface area contributed by atoms with Crippen molar-refractivity contribution in [3.8, 4) is 0 Å². The molecule has 2 aromatic rings. The normalized spacial score (nSPS) is 11.2. The average Bonchev–Trinajstić information content (AvgIpc) is 2.53. The summed E-state index contributed by atoms with van der Waals surface area (Å²) in [5.74, 6) is -2.95. The number of anilines is 1. The van der Waals surface area contributed by atoms with Gasteiger partial charge in [0.2, 0.25) is 5.91 Å². The number of carboxylic acid groups (broad SMARTS) is 1. The van der Waals surface area contributed by atoms with E-state index in [0.29, 0.717) is 0 Å². The van der Waals surface area contributed by atoms with Crippen LogP contribution >= 0.6 is 0 Å². The summed E-state index contributed by atoms with van der Waals surface area (Å²) in [6.07, 6.45) is -5.75. The molecule has 0 saturated carbocycles. The van der Waals surface area contributed by atoms with Crippen LogP contribution in [-0.2, 0) is 17.1 Å². The Kier molecular flexibility index (Phi) is 6.74. The van der Waals surface area contributed by atoms with Gasteiger partial charge < -0.3 is 10.4 Å². The lowest BCUT2D eigenvalue weighted by atomic mass is 10.3. The number of aromatic nitrogens is 4. The van der Waals surface area contributed by atoms with Crippen molar-refractivity contribution in [1.29, 1.82) is 0 Å². The van der Waals surface area contributed by atoms with Gasteiger partial charge in [0.25, 0.3) is 0 Å². The number of nitrogens with zero attached hydrogens (tertiary/aromatic N) is 4. The van der Waals surface area contributed by atoms with Gasteiger partial charge in [0, 0.05) is 31.7 Å². The number of alkyl halides is 6. The maximum Gasteiger partial charge on any atom is 0.437 e. The molecule has 27 heavy (non-hydrogen) atoms. The van der Waals surface area contributed by atoms with Crippen molar-refractivity contribution < 1.29 is 41.0 Å². The summed E-state index contributed by atoms with van der Waals surface area (Å²) < 4.78 is 72.9. The van der Waals surface area contributed by atoms with Crippen molar-refractivity contribution in [2.24, 2.45) is 0 Å². The molecule has 0 aliphatic carbocycles. The summed E-state index contributed by atoms with van der Waals surface area (Å²) in [5, 5.41) is 10.3. The molecule has 0 aromatic carbocycles. The van der Waals surface area contributed by atoms with E-state index in [1.165, 1.54) is 0 Å². The predicted molar refractivity (Wildman–Crippen MR) is 75.3 cm³/mol. The molecule has 2 N–H and O–H groups in total. The smallest absolute Gasteiger partial charge is 0.437 e. The molecule has 0 atom stereocenters. The van der Waals surface area contributed by atoms with Crippen molar-refractivity contribution in [2.45, 2.75) is 19.3 Å². The fourth-order valence-corrected chi connectivity index (χ4v) is 1.51. The first-order chi connectivity index (χ1) is 12.3. The maximum absolute atomic E-state index is 12.2. The van der Waals surface area contributed by atoms with Gasteiger partial charge in [-0.25, -0.2) is 24.7 Å². The van der Waals surface area contributed by atoms with Crippen LogP contribution in [0.1, 0.15) is 28.8 Å². The molecule has 2 heterocycles. The third-order valence-electron chi connectivity index (χ3n) is 2.43. The van der Waals surface area contributed by atoms with Crippen molar-refractivity contribution in [2.75, 3.05) is 5.32 Å². The second-order valence-electron chi connectivity index (χ2n) is 4.49. The van der Waals surface area contributed by atoms with E-state index in [9.17, 15) is 35.9 Å². The highest BCUT2D eigenvalue weighted by molar-refractivity contribution is 5.88. The molecule has 8 nitrogen and oxygen atoms in total. The number of amides is 1. The Labute approximate surface area is 146 Å². The van der Waals surface area contributed by atoms with E-state index in [0.717, 1.165) is 31.7 Å². The van der Waals surface area contributed by atoms with Crippen molar-refractivity contribution in [1.82, 2.24) is 19.9 Å². The molecule has 0 aliphatic heterocycles. The molecule has 0 aliphatic rings. The summed E-state index contributed by atoms with van der Waals surface area (Å²) >= 11 is 0.